The summed E-state index contributed by atoms with van der Waals surface area (Å²) in [5, 5.41) is 34.3. The highest BCUT2D eigenvalue weighted by atomic mass is 32.1. The first kappa shape index (κ1) is 58.2. The topological polar surface area (TPSA) is 301 Å². The maximum atomic E-state index is 13.1. The van der Waals surface area contributed by atoms with Crippen molar-refractivity contribution in [2.24, 2.45) is 11.5 Å². The first-order valence-corrected chi connectivity index (χ1v) is 28.0. The summed E-state index contributed by atoms with van der Waals surface area (Å²) in [6.45, 7) is 0.653. The van der Waals surface area contributed by atoms with E-state index in [1.807, 2.05) is 60.7 Å². The maximum absolute atomic E-state index is 13.1. The monoisotopic (exact) mass is 1110 g/mol. The fraction of sp³-hybridized carbons (Fsp3) is 0.333. The van der Waals surface area contributed by atoms with Crippen LogP contribution in [0, 0.1) is 0 Å². The summed E-state index contributed by atoms with van der Waals surface area (Å²) in [5.41, 5.74) is 13.0. The Hall–Kier alpha value is -7.08. The van der Waals surface area contributed by atoms with Gasteiger partial charge in [0.1, 0.15) is 12.1 Å². The first-order valence-electron chi connectivity index (χ1n) is 24.7. The van der Waals surface area contributed by atoms with Crippen molar-refractivity contribution >= 4 is 92.7 Å². The average Bonchev–Trinajstić information content (AvgIpc) is 4.25. The molecule has 4 aromatic heterocycles. The zero-order valence-corrected chi connectivity index (χ0v) is 44.8. The second-order valence-corrected chi connectivity index (χ2v) is 22.3. The van der Waals surface area contributed by atoms with E-state index in [0.717, 1.165) is 43.5 Å². The van der Waals surface area contributed by atoms with Crippen molar-refractivity contribution in [1.29, 1.82) is 0 Å². The molecule has 0 aliphatic heterocycles. The van der Waals surface area contributed by atoms with Crippen LogP contribution in [0.15, 0.2) is 109 Å². The van der Waals surface area contributed by atoms with E-state index in [1.54, 1.807) is 45.3 Å². The van der Waals surface area contributed by atoms with E-state index < -0.39 is 72.6 Å². The molecule has 0 unspecified atom stereocenters. The Morgan fingerprint density at radius 3 is 1.11 bits per heavy atom. The van der Waals surface area contributed by atoms with E-state index in [4.69, 9.17) is 21.7 Å². The summed E-state index contributed by atoms with van der Waals surface area (Å²) >= 11 is 6.88. The summed E-state index contributed by atoms with van der Waals surface area (Å²) in [4.78, 5) is 108. The molecule has 0 fully saturated rings. The number of carbonyl (C=O) groups excluding carboxylic acids is 6. The van der Waals surface area contributed by atoms with Gasteiger partial charge in [-0.15, -0.1) is 45.3 Å². The standard InChI is InChI=1S/C54H62N8O10S4/c55-37(31-49(65)66)51(69)61-39(29-33-9-3-1-4-10-33)53(71)59-27-25-57-47(63)15-7-13-35-17-19-41(73-35)43-21-23-45(75-43)46-24-22-44(76-46)42-20-18-36(74-42)14-8-16-48(64)58-26-28-60-54(72)40(30-34-11-5-2-6-12-34)62-52(70)38(56)32-50(67)68/h1-6,9-12,17-24,37-40H,7-8,13-16,25-32,55-56H2,(H,57,63)(H,58,64)(H,59,71)(H,60,72)(H,61,69)(H,62,70)(H,65,66)(H,67,68)/t37-,38-,39-,40-/m0/s1. The van der Waals surface area contributed by atoms with Crippen LogP contribution in [-0.2, 0) is 64.0 Å². The van der Waals surface area contributed by atoms with E-state index in [-0.39, 0.29) is 50.8 Å². The lowest BCUT2D eigenvalue weighted by atomic mass is 10.0. The van der Waals surface area contributed by atoms with Gasteiger partial charge in [0.05, 0.1) is 24.9 Å². The minimum atomic E-state index is -1.31. The number of aryl methyl sites for hydroxylation is 2. The predicted octanol–water partition coefficient (Wildman–Crippen LogP) is 5.10. The Bertz CT molecular complexity index is 2710. The number of rotatable bonds is 31. The van der Waals surface area contributed by atoms with Gasteiger partial charge in [0.25, 0.3) is 0 Å². The number of benzene rings is 2. The molecule has 76 heavy (non-hydrogen) atoms. The number of nitrogens with one attached hydrogen (secondary N) is 6. The minimum absolute atomic E-state index is 0.133. The summed E-state index contributed by atoms with van der Waals surface area (Å²) < 4.78 is 0. The Kier molecular flexibility index (Phi) is 22.9. The quantitative estimate of drug-likeness (QED) is 0.0254. The van der Waals surface area contributed by atoms with Gasteiger partial charge < -0.3 is 53.6 Å². The third kappa shape index (κ3) is 19.2. The molecule has 0 bridgehead atoms. The van der Waals surface area contributed by atoms with Gasteiger partial charge in [-0.05, 0) is 85.3 Å². The molecule has 0 saturated heterocycles. The molecule has 12 N–H and O–H groups in total. The van der Waals surface area contributed by atoms with Crippen molar-refractivity contribution in [3.8, 4) is 29.3 Å². The summed E-state index contributed by atoms with van der Waals surface area (Å²) in [7, 11) is 0. The van der Waals surface area contributed by atoms with Crippen molar-refractivity contribution in [1.82, 2.24) is 31.9 Å². The second kappa shape index (κ2) is 29.9. The number of amides is 6. The van der Waals surface area contributed by atoms with Gasteiger partial charge in [0.2, 0.25) is 35.4 Å². The van der Waals surface area contributed by atoms with Crippen LogP contribution in [0.1, 0.15) is 59.4 Å². The lowest BCUT2D eigenvalue weighted by Gasteiger charge is -2.20. The van der Waals surface area contributed by atoms with Gasteiger partial charge in [-0.2, -0.15) is 0 Å². The van der Waals surface area contributed by atoms with E-state index in [2.05, 4.69) is 80.4 Å². The molecule has 0 spiro atoms. The SMILES string of the molecule is N[C@@H](CC(=O)O)C(=O)N[C@@H](Cc1ccccc1)C(=O)NCCNC(=O)CCCc1ccc(-c2ccc(-c3ccc(-c4ccc(CCCC(=O)NCCNC(=O)[C@H](Cc5ccccc5)NC(=O)[C@@H](N)CC(=O)O)s4)s3)s2)s1. The van der Waals surface area contributed by atoms with Gasteiger partial charge in [0.15, 0.2) is 0 Å². The van der Waals surface area contributed by atoms with Crippen molar-refractivity contribution in [2.75, 3.05) is 26.2 Å². The van der Waals surface area contributed by atoms with Crippen LogP contribution in [0.25, 0.3) is 29.3 Å². The third-order valence-corrected chi connectivity index (χ3v) is 16.8. The number of hydrogen-bond acceptors (Lipinski definition) is 14. The Morgan fingerprint density at radius 1 is 0.421 bits per heavy atom. The van der Waals surface area contributed by atoms with Gasteiger partial charge in [-0.25, -0.2) is 0 Å². The van der Waals surface area contributed by atoms with Crippen molar-refractivity contribution in [2.45, 2.75) is 88.4 Å². The third-order valence-electron chi connectivity index (χ3n) is 11.7. The summed E-state index contributed by atoms with van der Waals surface area (Å²) in [6, 6.07) is 30.5. The highest BCUT2D eigenvalue weighted by Crippen LogP contribution is 2.43. The number of hydrogen-bond donors (Lipinski definition) is 10. The summed E-state index contributed by atoms with van der Waals surface area (Å²) in [6.07, 6.45) is 2.60. The molecule has 0 radical (unpaired) electrons. The average molecular weight is 1110 g/mol. The van der Waals surface area contributed by atoms with E-state index >= 15 is 0 Å². The number of carboxylic acids is 2. The highest BCUT2D eigenvalue weighted by Gasteiger charge is 2.27. The fourth-order valence-electron chi connectivity index (χ4n) is 7.78. The Balaban J connectivity index is 0.869. The Morgan fingerprint density at radius 2 is 0.750 bits per heavy atom. The molecule has 0 aliphatic rings. The molecule has 6 rings (SSSR count). The Labute approximate surface area is 456 Å². The van der Waals surface area contributed by atoms with Crippen molar-refractivity contribution < 1.29 is 48.6 Å². The lowest BCUT2D eigenvalue weighted by molar-refractivity contribution is -0.140. The first-order chi connectivity index (χ1) is 36.6. The zero-order chi connectivity index (χ0) is 54.4. The number of carboxylic acid groups (broad SMARTS) is 2. The van der Waals surface area contributed by atoms with Gasteiger partial charge in [0, 0.05) is 90.9 Å². The number of nitrogens with two attached hydrogens (primary N) is 2. The molecular weight excluding hydrogens is 1050 g/mol. The molecule has 0 saturated carbocycles. The minimum Gasteiger partial charge on any atom is -0.481 e. The maximum Gasteiger partial charge on any atom is 0.305 e. The van der Waals surface area contributed by atoms with Crippen LogP contribution in [0.5, 0.6) is 0 Å². The highest BCUT2D eigenvalue weighted by molar-refractivity contribution is 7.28. The number of thiophene rings is 4. The number of carbonyl (C=O) groups is 8. The van der Waals surface area contributed by atoms with Gasteiger partial charge >= 0.3 is 11.9 Å². The molecule has 0 aliphatic carbocycles. The fourth-order valence-corrected chi connectivity index (χ4v) is 12.2. The predicted molar refractivity (Wildman–Crippen MR) is 297 cm³/mol. The summed E-state index contributed by atoms with van der Waals surface area (Å²) in [5.74, 6) is -5.18. The molecule has 22 heteroatoms. The van der Waals surface area contributed by atoms with Crippen LogP contribution in [0.2, 0.25) is 0 Å². The van der Waals surface area contributed by atoms with Crippen LogP contribution in [-0.4, -0.2) is 108 Å². The molecule has 6 amide bonds. The largest absolute Gasteiger partial charge is 0.481 e. The van der Waals surface area contributed by atoms with Crippen LogP contribution in [0.3, 0.4) is 0 Å². The van der Waals surface area contributed by atoms with E-state index in [1.165, 1.54) is 19.5 Å². The smallest absolute Gasteiger partial charge is 0.305 e. The molecular formula is C54H62N8O10S4. The lowest BCUT2D eigenvalue weighted by Crippen LogP contribution is -2.53. The zero-order valence-electron chi connectivity index (χ0n) is 41.5. The van der Waals surface area contributed by atoms with Crippen molar-refractivity contribution in [3.63, 3.8) is 0 Å². The number of aliphatic carboxylic acids is 2. The van der Waals surface area contributed by atoms with Crippen LogP contribution in [0.4, 0.5) is 0 Å². The normalized spacial score (nSPS) is 12.6. The molecule has 2 aromatic carbocycles. The molecule has 6 aromatic rings. The molecule has 4 heterocycles. The second-order valence-electron chi connectivity index (χ2n) is 17.8. The van der Waals surface area contributed by atoms with E-state index in [0.29, 0.717) is 25.7 Å². The molecule has 402 valence electrons. The molecule has 18 nitrogen and oxygen atoms in total. The van der Waals surface area contributed by atoms with E-state index in [9.17, 15) is 38.4 Å². The van der Waals surface area contributed by atoms with Crippen LogP contribution >= 0.6 is 45.3 Å². The van der Waals surface area contributed by atoms with Gasteiger partial charge in [-0.3, -0.25) is 38.4 Å². The van der Waals surface area contributed by atoms with Gasteiger partial charge in [-0.1, -0.05) is 60.7 Å². The molecule has 4 atom stereocenters. The van der Waals surface area contributed by atoms with Crippen molar-refractivity contribution in [3.05, 3.63) is 130 Å². The van der Waals surface area contributed by atoms with Crippen LogP contribution < -0.4 is 43.4 Å².